The Hall–Kier alpha value is -2.58. The molecule has 3 rings (SSSR count). The number of aromatic nitrogens is 3. The Labute approximate surface area is 200 Å². The van der Waals surface area contributed by atoms with Crippen LogP contribution in [0.5, 0.6) is 0 Å². The van der Waals surface area contributed by atoms with Crippen LogP contribution in [0, 0.1) is 6.92 Å². The van der Waals surface area contributed by atoms with Crippen molar-refractivity contribution in [3.63, 3.8) is 0 Å². The van der Waals surface area contributed by atoms with Gasteiger partial charge in [-0.1, -0.05) is 41.4 Å². The molecular formula is C23H26BrClN4O3. The minimum absolute atomic E-state index is 0.00789. The van der Waals surface area contributed by atoms with Crippen LogP contribution in [0.3, 0.4) is 0 Å². The fraction of sp³-hybridized carbons (Fsp3) is 0.348. The van der Waals surface area contributed by atoms with Crippen LogP contribution < -0.4 is 10.9 Å². The van der Waals surface area contributed by atoms with Gasteiger partial charge in [-0.15, -0.1) is 0 Å². The zero-order valence-corrected chi connectivity index (χ0v) is 21.0. The van der Waals surface area contributed by atoms with Crippen LogP contribution in [0.2, 0.25) is 5.02 Å². The predicted molar refractivity (Wildman–Crippen MR) is 130 cm³/mol. The van der Waals surface area contributed by atoms with E-state index in [1.165, 1.54) is 4.57 Å². The Morgan fingerprint density at radius 1 is 1.28 bits per heavy atom. The number of hydrogen-bond acceptors (Lipinski definition) is 5. The third kappa shape index (κ3) is 4.91. The highest BCUT2D eigenvalue weighted by Crippen LogP contribution is 2.34. The largest absolute Gasteiger partial charge is 0.461 e. The number of carbonyl (C=O) groups excluding carboxylic acids is 1. The van der Waals surface area contributed by atoms with Crippen molar-refractivity contribution in [3.8, 4) is 0 Å². The summed E-state index contributed by atoms with van der Waals surface area (Å²) in [5.74, 6) is -0.500. The summed E-state index contributed by atoms with van der Waals surface area (Å²) in [6, 6.07) is 9.13. The molecule has 0 aliphatic heterocycles. The quantitative estimate of drug-likeness (QED) is 0.429. The van der Waals surface area contributed by atoms with Crippen LogP contribution in [0.25, 0.3) is 0 Å². The molecule has 0 bridgehead atoms. The minimum Gasteiger partial charge on any atom is -0.461 e. The lowest BCUT2D eigenvalue weighted by molar-refractivity contribution is 0.0518. The molecule has 0 spiro atoms. The van der Waals surface area contributed by atoms with Gasteiger partial charge in [-0.25, -0.2) is 9.78 Å². The minimum atomic E-state index is -0.500. The molecule has 3 aromatic rings. The van der Waals surface area contributed by atoms with Crippen molar-refractivity contribution < 1.29 is 9.53 Å². The first-order valence-electron chi connectivity index (χ1n) is 10.3. The van der Waals surface area contributed by atoms with Crippen molar-refractivity contribution in [2.45, 2.75) is 39.8 Å². The van der Waals surface area contributed by atoms with E-state index in [1.807, 2.05) is 49.6 Å². The van der Waals surface area contributed by atoms with Gasteiger partial charge in [0, 0.05) is 19.3 Å². The molecule has 32 heavy (non-hydrogen) atoms. The smallest absolute Gasteiger partial charge is 0.358 e. The van der Waals surface area contributed by atoms with Gasteiger partial charge in [0.25, 0.3) is 5.56 Å². The maximum absolute atomic E-state index is 12.8. The number of halogens is 2. The Bertz CT molecular complexity index is 1160. The van der Waals surface area contributed by atoms with E-state index in [9.17, 15) is 9.59 Å². The molecule has 170 valence electrons. The van der Waals surface area contributed by atoms with Crippen molar-refractivity contribution in [2.75, 3.05) is 11.9 Å². The number of esters is 1. The zero-order valence-electron chi connectivity index (χ0n) is 18.6. The molecule has 9 heteroatoms. The van der Waals surface area contributed by atoms with E-state index in [-0.39, 0.29) is 28.9 Å². The number of nitrogens with zero attached hydrogens (tertiary/aromatic N) is 3. The van der Waals surface area contributed by atoms with Crippen LogP contribution in [0.4, 0.5) is 5.69 Å². The van der Waals surface area contributed by atoms with Gasteiger partial charge in [-0.2, -0.15) is 0 Å². The lowest BCUT2D eigenvalue weighted by atomic mass is 9.99. The fourth-order valence-corrected chi connectivity index (χ4v) is 4.55. The van der Waals surface area contributed by atoms with E-state index in [4.69, 9.17) is 16.3 Å². The standard InChI is InChI=1S/C23H26BrClN4O3/c1-6-32-22(31)19-20(29(13(2)3)23(24)27-19)18(15-9-7-14(4)8-10-15)26-16-11-17(25)21(30)28(5)12-16/h7-13,18,26H,6H2,1-5H3. The Morgan fingerprint density at radius 2 is 1.94 bits per heavy atom. The Kier molecular flexibility index (Phi) is 7.46. The van der Waals surface area contributed by atoms with E-state index in [2.05, 4.69) is 26.2 Å². The number of nitrogens with one attached hydrogen (secondary N) is 1. The monoisotopic (exact) mass is 520 g/mol. The molecule has 1 unspecified atom stereocenters. The van der Waals surface area contributed by atoms with Crippen molar-refractivity contribution in [1.82, 2.24) is 14.1 Å². The van der Waals surface area contributed by atoms with Crippen LogP contribution in [0.1, 0.15) is 60.2 Å². The second-order valence-corrected chi connectivity index (χ2v) is 8.90. The fourth-order valence-electron chi connectivity index (χ4n) is 3.52. The molecule has 0 fully saturated rings. The van der Waals surface area contributed by atoms with Crippen LogP contribution in [-0.4, -0.2) is 26.7 Å². The summed E-state index contributed by atoms with van der Waals surface area (Å²) in [6.45, 7) is 8.04. The topological polar surface area (TPSA) is 78.2 Å². The molecule has 0 saturated heterocycles. The van der Waals surface area contributed by atoms with Gasteiger partial charge in [-0.05, 0) is 55.3 Å². The molecule has 0 radical (unpaired) electrons. The molecule has 1 N–H and O–H groups in total. The van der Waals surface area contributed by atoms with Gasteiger partial charge in [-0.3, -0.25) is 4.79 Å². The number of anilines is 1. The molecule has 0 aliphatic carbocycles. The number of ether oxygens (including phenoxy) is 1. The number of benzene rings is 1. The summed E-state index contributed by atoms with van der Waals surface area (Å²) in [6.07, 6.45) is 1.67. The maximum atomic E-state index is 12.8. The van der Waals surface area contributed by atoms with Crippen LogP contribution in [-0.2, 0) is 11.8 Å². The van der Waals surface area contributed by atoms with Crippen LogP contribution in [0.15, 0.2) is 46.1 Å². The zero-order chi connectivity index (χ0) is 23.6. The number of imidazole rings is 1. The first-order chi connectivity index (χ1) is 15.1. The summed E-state index contributed by atoms with van der Waals surface area (Å²) < 4.78 is 9.19. The first-order valence-corrected chi connectivity index (χ1v) is 11.4. The van der Waals surface area contributed by atoms with E-state index < -0.39 is 12.0 Å². The van der Waals surface area contributed by atoms with Gasteiger partial charge in [0.2, 0.25) is 0 Å². The molecule has 2 aromatic heterocycles. The van der Waals surface area contributed by atoms with Crippen molar-refractivity contribution >= 4 is 39.2 Å². The molecule has 7 nitrogen and oxygen atoms in total. The highest BCUT2D eigenvalue weighted by atomic mass is 79.9. The SMILES string of the molecule is CCOC(=O)c1nc(Br)n(C(C)C)c1C(Nc1cc(Cl)c(=O)n(C)c1)c1ccc(C)cc1. The third-order valence-electron chi connectivity index (χ3n) is 5.02. The van der Waals surface area contributed by atoms with Gasteiger partial charge in [0.05, 0.1) is 24.0 Å². The maximum Gasteiger partial charge on any atom is 0.358 e. The number of rotatable bonds is 7. The van der Waals surface area contributed by atoms with Gasteiger partial charge in [0.15, 0.2) is 10.4 Å². The molecule has 1 atom stereocenters. The molecular weight excluding hydrogens is 496 g/mol. The first kappa shape index (κ1) is 24.1. The number of carbonyl (C=O) groups is 1. The van der Waals surface area contributed by atoms with Crippen molar-refractivity contribution in [1.29, 1.82) is 0 Å². The lowest BCUT2D eigenvalue weighted by Crippen LogP contribution is -2.23. The highest BCUT2D eigenvalue weighted by molar-refractivity contribution is 9.10. The number of hydrogen-bond donors (Lipinski definition) is 1. The highest BCUT2D eigenvalue weighted by Gasteiger charge is 2.31. The molecule has 0 saturated carbocycles. The molecule has 1 aromatic carbocycles. The molecule has 0 amide bonds. The van der Waals surface area contributed by atoms with E-state index >= 15 is 0 Å². The van der Waals surface area contributed by atoms with E-state index in [1.54, 1.807) is 26.2 Å². The van der Waals surface area contributed by atoms with Gasteiger partial charge in [0.1, 0.15) is 5.02 Å². The van der Waals surface area contributed by atoms with E-state index in [0.29, 0.717) is 16.1 Å². The summed E-state index contributed by atoms with van der Waals surface area (Å²) in [5.41, 5.74) is 3.25. The lowest BCUT2D eigenvalue weighted by Gasteiger charge is -2.25. The van der Waals surface area contributed by atoms with E-state index in [0.717, 1.165) is 11.1 Å². The van der Waals surface area contributed by atoms with Crippen molar-refractivity contribution in [2.24, 2.45) is 7.05 Å². The third-order valence-corrected chi connectivity index (χ3v) is 5.86. The Morgan fingerprint density at radius 3 is 2.50 bits per heavy atom. The average molecular weight is 522 g/mol. The summed E-state index contributed by atoms with van der Waals surface area (Å²) >= 11 is 9.66. The van der Waals surface area contributed by atoms with Gasteiger partial charge < -0.3 is 19.2 Å². The van der Waals surface area contributed by atoms with Gasteiger partial charge >= 0.3 is 5.97 Å². The summed E-state index contributed by atoms with van der Waals surface area (Å²) in [5, 5.41) is 3.55. The predicted octanol–water partition coefficient (Wildman–Crippen LogP) is 5.27. The second kappa shape index (κ2) is 9.92. The number of aryl methyl sites for hydroxylation is 2. The normalized spacial score (nSPS) is 12.1. The second-order valence-electron chi connectivity index (χ2n) is 7.78. The Balaban J connectivity index is 2.25. The molecule has 2 heterocycles. The summed E-state index contributed by atoms with van der Waals surface area (Å²) in [4.78, 5) is 29.4. The molecule has 0 aliphatic rings. The van der Waals surface area contributed by atoms with Crippen LogP contribution >= 0.6 is 27.5 Å². The van der Waals surface area contributed by atoms with Crippen molar-refractivity contribution in [3.05, 3.63) is 79.2 Å². The number of pyridine rings is 1. The average Bonchev–Trinajstić information content (AvgIpc) is 3.08. The summed E-state index contributed by atoms with van der Waals surface area (Å²) in [7, 11) is 1.64.